The smallest absolute Gasteiger partial charge is 0.342 e. The van der Waals surface area contributed by atoms with Crippen LogP contribution in [-0.4, -0.2) is 36.6 Å². The zero-order valence-corrected chi connectivity index (χ0v) is 12.8. The van der Waals surface area contributed by atoms with Gasteiger partial charge < -0.3 is 9.64 Å². The van der Waals surface area contributed by atoms with Gasteiger partial charge in [0.1, 0.15) is 6.04 Å². The number of esters is 1. The van der Waals surface area contributed by atoms with Crippen LogP contribution in [0.2, 0.25) is 0 Å². The summed E-state index contributed by atoms with van der Waals surface area (Å²) in [7, 11) is 1.34. The van der Waals surface area contributed by atoms with E-state index < -0.39 is 12.1 Å². The van der Waals surface area contributed by atoms with Gasteiger partial charge in [0.05, 0.1) is 13.7 Å². The summed E-state index contributed by atoms with van der Waals surface area (Å²) in [5, 5.41) is 0. The normalized spacial score (nSPS) is 18.4. The second-order valence-corrected chi connectivity index (χ2v) is 5.26. The number of urea groups is 1. The molecule has 1 aromatic carbocycles. The Morgan fingerprint density at radius 2 is 2.00 bits per heavy atom. The number of nitrogens with one attached hydrogen (secondary N) is 1. The van der Waals surface area contributed by atoms with Crippen LogP contribution in [0.15, 0.2) is 30.3 Å². The van der Waals surface area contributed by atoms with Crippen molar-refractivity contribution in [2.24, 2.45) is 0 Å². The highest BCUT2D eigenvalue weighted by Gasteiger charge is 2.31. The molecule has 2 rings (SSSR count). The number of amides is 2. The van der Waals surface area contributed by atoms with Crippen LogP contribution in [0.1, 0.15) is 31.2 Å². The maximum Gasteiger partial charge on any atom is 0.342 e. The monoisotopic (exact) mass is 306 g/mol. The number of likely N-dealkylation sites (tertiary alicyclic amines) is 1. The second-order valence-electron chi connectivity index (χ2n) is 5.26. The van der Waals surface area contributed by atoms with Gasteiger partial charge in [-0.1, -0.05) is 43.2 Å². The summed E-state index contributed by atoms with van der Waals surface area (Å²) in [5.41, 5.74) is 3.38. The lowest BCUT2D eigenvalue weighted by molar-refractivity contribution is -0.146. The van der Waals surface area contributed by atoms with Crippen molar-refractivity contribution in [2.75, 3.05) is 13.7 Å². The molecule has 1 aliphatic rings. The predicted octanol–water partition coefficient (Wildman–Crippen LogP) is 2.25. The topological polar surface area (TPSA) is 67.9 Å². The summed E-state index contributed by atoms with van der Waals surface area (Å²) in [4.78, 5) is 30.8. The molecule has 22 heavy (non-hydrogen) atoms. The minimum absolute atomic E-state index is 0.281. The fourth-order valence-electron chi connectivity index (χ4n) is 2.55. The molecule has 0 saturated carbocycles. The predicted molar refractivity (Wildman–Crippen MR) is 80.7 cm³/mol. The molecule has 0 bridgehead atoms. The Morgan fingerprint density at radius 3 is 2.73 bits per heavy atom. The Morgan fingerprint density at radius 1 is 1.23 bits per heavy atom. The standard InChI is InChI=1S/C16H22N2O4/c1-21-15(19)14-10-6-3-7-11-18(14)16(20)17-22-12-13-8-4-2-5-9-13/h2,4-5,8-9,14H,3,6-7,10-12H2,1H3,(H,17,20)/t14-/m0/s1. The lowest BCUT2D eigenvalue weighted by atomic mass is 10.1. The van der Waals surface area contributed by atoms with Crippen molar-refractivity contribution < 1.29 is 19.2 Å². The highest BCUT2D eigenvalue weighted by Crippen LogP contribution is 2.18. The molecule has 0 radical (unpaired) electrons. The van der Waals surface area contributed by atoms with Crippen LogP contribution in [-0.2, 0) is 21.0 Å². The number of carbonyl (C=O) groups is 2. The van der Waals surface area contributed by atoms with Crippen molar-refractivity contribution in [2.45, 2.75) is 38.3 Å². The van der Waals surface area contributed by atoms with E-state index in [2.05, 4.69) is 5.48 Å². The van der Waals surface area contributed by atoms with E-state index in [1.54, 1.807) is 0 Å². The van der Waals surface area contributed by atoms with Crippen LogP contribution in [0.3, 0.4) is 0 Å². The van der Waals surface area contributed by atoms with Gasteiger partial charge in [-0.15, -0.1) is 0 Å². The van der Waals surface area contributed by atoms with E-state index in [0.29, 0.717) is 13.0 Å². The molecule has 120 valence electrons. The molecule has 0 unspecified atom stereocenters. The Kier molecular flexibility index (Phi) is 6.21. The first kappa shape index (κ1) is 16.3. The Bertz CT molecular complexity index is 492. The minimum Gasteiger partial charge on any atom is -0.467 e. The molecule has 2 amide bonds. The lowest BCUT2D eigenvalue weighted by Gasteiger charge is -2.27. The number of benzene rings is 1. The van der Waals surface area contributed by atoms with Crippen LogP contribution in [0.5, 0.6) is 0 Å². The van der Waals surface area contributed by atoms with E-state index in [0.717, 1.165) is 24.8 Å². The van der Waals surface area contributed by atoms with E-state index in [9.17, 15) is 9.59 Å². The maximum absolute atomic E-state index is 12.3. The number of methoxy groups -OCH3 is 1. The molecule has 6 heteroatoms. The molecule has 1 saturated heterocycles. The Hall–Kier alpha value is -2.08. The molecule has 1 N–H and O–H groups in total. The zero-order valence-electron chi connectivity index (χ0n) is 12.8. The van der Waals surface area contributed by atoms with E-state index in [-0.39, 0.29) is 12.6 Å². The highest BCUT2D eigenvalue weighted by atomic mass is 16.7. The van der Waals surface area contributed by atoms with Gasteiger partial charge >= 0.3 is 12.0 Å². The van der Waals surface area contributed by atoms with Gasteiger partial charge in [0.25, 0.3) is 0 Å². The molecule has 6 nitrogen and oxygen atoms in total. The molecular formula is C16H22N2O4. The highest BCUT2D eigenvalue weighted by molar-refractivity contribution is 5.83. The largest absolute Gasteiger partial charge is 0.467 e. The molecule has 1 aromatic rings. The molecule has 1 atom stereocenters. The third-order valence-corrected chi connectivity index (χ3v) is 3.73. The van der Waals surface area contributed by atoms with Crippen molar-refractivity contribution in [1.82, 2.24) is 10.4 Å². The number of rotatable bonds is 4. The van der Waals surface area contributed by atoms with Crippen LogP contribution < -0.4 is 5.48 Å². The van der Waals surface area contributed by atoms with E-state index in [1.165, 1.54) is 12.0 Å². The first-order valence-corrected chi connectivity index (χ1v) is 7.52. The average molecular weight is 306 g/mol. The molecule has 0 spiro atoms. The van der Waals surface area contributed by atoms with Crippen LogP contribution in [0.25, 0.3) is 0 Å². The van der Waals surface area contributed by atoms with Gasteiger partial charge in [0, 0.05) is 6.54 Å². The zero-order chi connectivity index (χ0) is 15.8. The quantitative estimate of drug-likeness (QED) is 0.684. The first-order chi connectivity index (χ1) is 10.7. The van der Waals surface area contributed by atoms with Crippen LogP contribution >= 0.6 is 0 Å². The van der Waals surface area contributed by atoms with Crippen LogP contribution in [0, 0.1) is 0 Å². The number of hydrogen-bond acceptors (Lipinski definition) is 4. The van der Waals surface area contributed by atoms with Gasteiger partial charge in [-0.3, -0.25) is 4.84 Å². The minimum atomic E-state index is -0.534. The number of hydroxylamine groups is 1. The molecule has 1 heterocycles. The Balaban J connectivity index is 1.89. The van der Waals surface area contributed by atoms with E-state index >= 15 is 0 Å². The van der Waals surface area contributed by atoms with Crippen molar-refractivity contribution in [3.63, 3.8) is 0 Å². The number of carbonyl (C=O) groups excluding carboxylic acids is 2. The first-order valence-electron chi connectivity index (χ1n) is 7.52. The molecule has 1 aliphatic heterocycles. The summed E-state index contributed by atoms with van der Waals surface area (Å²) in [6, 6.07) is 8.62. The SMILES string of the molecule is COC(=O)[C@@H]1CCCCCN1C(=O)NOCc1ccccc1. The number of hydrogen-bond donors (Lipinski definition) is 1. The van der Waals surface area contributed by atoms with Gasteiger partial charge in [0.15, 0.2) is 0 Å². The van der Waals surface area contributed by atoms with Crippen molar-refractivity contribution >= 4 is 12.0 Å². The number of nitrogens with zero attached hydrogens (tertiary/aromatic N) is 1. The average Bonchev–Trinajstić information content (AvgIpc) is 2.81. The van der Waals surface area contributed by atoms with Gasteiger partial charge in [-0.25, -0.2) is 15.1 Å². The fraction of sp³-hybridized carbons (Fsp3) is 0.500. The third kappa shape index (κ3) is 4.46. The van der Waals surface area contributed by atoms with Gasteiger partial charge in [-0.05, 0) is 18.4 Å². The Labute approximate surface area is 130 Å². The van der Waals surface area contributed by atoms with Gasteiger partial charge in [0.2, 0.25) is 0 Å². The summed E-state index contributed by atoms with van der Waals surface area (Å²) < 4.78 is 4.80. The van der Waals surface area contributed by atoms with Crippen molar-refractivity contribution in [3.8, 4) is 0 Å². The van der Waals surface area contributed by atoms with Crippen LogP contribution in [0.4, 0.5) is 4.79 Å². The lowest BCUT2D eigenvalue weighted by Crippen LogP contribution is -2.49. The molecule has 1 fully saturated rings. The summed E-state index contributed by atoms with van der Waals surface area (Å²) >= 11 is 0. The van der Waals surface area contributed by atoms with E-state index in [1.807, 2.05) is 30.3 Å². The van der Waals surface area contributed by atoms with Gasteiger partial charge in [-0.2, -0.15) is 0 Å². The number of ether oxygens (including phenoxy) is 1. The van der Waals surface area contributed by atoms with Crippen molar-refractivity contribution in [1.29, 1.82) is 0 Å². The maximum atomic E-state index is 12.3. The summed E-state index contributed by atoms with van der Waals surface area (Å²) in [5.74, 6) is -0.375. The second kappa shape index (κ2) is 8.38. The third-order valence-electron chi connectivity index (χ3n) is 3.73. The summed E-state index contributed by atoms with van der Waals surface area (Å²) in [6.45, 7) is 0.809. The summed E-state index contributed by atoms with van der Waals surface area (Å²) in [6.07, 6.45) is 3.41. The molecule has 0 aromatic heterocycles. The fourth-order valence-corrected chi connectivity index (χ4v) is 2.55. The molecule has 0 aliphatic carbocycles. The van der Waals surface area contributed by atoms with Crippen molar-refractivity contribution in [3.05, 3.63) is 35.9 Å². The molecular weight excluding hydrogens is 284 g/mol. The van der Waals surface area contributed by atoms with E-state index in [4.69, 9.17) is 9.57 Å².